The topological polar surface area (TPSA) is 45.8 Å². The molecule has 4 aromatic rings. The normalized spacial score (nSPS) is 11.2. The fourth-order valence-corrected chi connectivity index (χ4v) is 4.78. The molecule has 0 unspecified atom stereocenters. The lowest BCUT2D eigenvalue weighted by molar-refractivity contribution is 1.19. The summed E-state index contributed by atoms with van der Waals surface area (Å²) in [6, 6.07) is 11.4. The first-order valence-electron chi connectivity index (χ1n) is 6.97. The van der Waals surface area contributed by atoms with Crippen molar-refractivity contribution in [3.8, 4) is 21.8 Å². The van der Waals surface area contributed by atoms with Gasteiger partial charge in [-0.1, -0.05) is 29.8 Å². The lowest BCUT2D eigenvalue weighted by Crippen LogP contribution is -2.09. The Kier molecular flexibility index (Phi) is 3.56. The SMILES string of the molecule is Cc1sc2nc(-c3ccccc3Cl)[nH]c(=O)c2c1-c1cccs1. The highest BCUT2D eigenvalue weighted by atomic mass is 35.5. The van der Waals surface area contributed by atoms with E-state index in [-0.39, 0.29) is 5.56 Å². The van der Waals surface area contributed by atoms with E-state index in [0.717, 1.165) is 25.7 Å². The second-order valence-electron chi connectivity index (χ2n) is 5.09. The zero-order chi connectivity index (χ0) is 16.0. The summed E-state index contributed by atoms with van der Waals surface area (Å²) in [4.78, 5) is 23.1. The number of hydrogen-bond acceptors (Lipinski definition) is 4. The number of aromatic amines is 1. The van der Waals surface area contributed by atoms with Gasteiger partial charge in [0.05, 0.1) is 10.4 Å². The zero-order valence-corrected chi connectivity index (χ0v) is 14.5. The molecule has 3 nitrogen and oxygen atoms in total. The van der Waals surface area contributed by atoms with Gasteiger partial charge in [0, 0.05) is 20.9 Å². The molecule has 114 valence electrons. The molecule has 6 heteroatoms. The molecule has 3 heterocycles. The molecule has 23 heavy (non-hydrogen) atoms. The van der Waals surface area contributed by atoms with E-state index >= 15 is 0 Å². The maximum absolute atomic E-state index is 12.7. The first-order chi connectivity index (χ1) is 11.1. The standard InChI is InChI=1S/C17H11ClN2OS2/c1-9-13(12-7-4-8-22-12)14-16(21)19-15(20-17(14)23-9)10-5-2-3-6-11(10)18/h2-8H,1H3,(H,19,20,21). The Balaban J connectivity index is 2.01. The van der Waals surface area contributed by atoms with Crippen LogP contribution in [0.4, 0.5) is 0 Å². The van der Waals surface area contributed by atoms with Gasteiger partial charge in [0.1, 0.15) is 10.7 Å². The highest BCUT2D eigenvalue weighted by molar-refractivity contribution is 7.20. The van der Waals surface area contributed by atoms with E-state index in [2.05, 4.69) is 9.97 Å². The Morgan fingerprint density at radius 2 is 2.00 bits per heavy atom. The van der Waals surface area contributed by atoms with Crippen LogP contribution in [0, 0.1) is 6.92 Å². The van der Waals surface area contributed by atoms with Gasteiger partial charge in [-0.2, -0.15) is 0 Å². The number of H-pyrrole nitrogens is 1. The molecule has 0 fully saturated rings. The van der Waals surface area contributed by atoms with Gasteiger partial charge in [-0.25, -0.2) is 4.98 Å². The third-order valence-electron chi connectivity index (χ3n) is 3.63. The second kappa shape index (κ2) is 5.60. The molecule has 0 bridgehead atoms. The van der Waals surface area contributed by atoms with Crippen LogP contribution in [0.15, 0.2) is 46.6 Å². The Labute approximate surface area is 145 Å². The van der Waals surface area contributed by atoms with Crippen molar-refractivity contribution in [1.82, 2.24) is 9.97 Å². The van der Waals surface area contributed by atoms with Crippen molar-refractivity contribution < 1.29 is 0 Å². The van der Waals surface area contributed by atoms with Crippen molar-refractivity contribution in [3.05, 3.63) is 62.0 Å². The van der Waals surface area contributed by atoms with E-state index in [1.54, 1.807) is 17.4 Å². The molecular weight excluding hydrogens is 348 g/mol. The molecule has 0 saturated carbocycles. The number of nitrogens with one attached hydrogen (secondary N) is 1. The van der Waals surface area contributed by atoms with Crippen LogP contribution in [0.2, 0.25) is 5.02 Å². The summed E-state index contributed by atoms with van der Waals surface area (Å²) in [5, 5.41) is 3.24. The third-order valence-corrected chi connectivity index (χ3v) is 5.85. The molecule has 0 spiro atoms. The maximum Gasteiger partial charge on any atom is 0.260 e. The van der Waals surface area contributed by atoms with E-state index in [9.17, 15) is 4.79 Å². The Morgan fingerprint density at radius 3 is 2.74 bits per heavy atom. The van der Waals surface area contributed by atoms with Gasteiger partial charge >= 0.3 is 0 Å². The second-order valence-corrected chi connectivity index (χ2v) is 7.64. The number of thiophene rings is 2. The number of aromatic nitrogens is 2. The quantitative estimate of drug-likeness (QED) is 0.525. The molecule has 0 amide bonds. The number of hydrogen-bond donors (Lipinski definition) is 1. The lowest BCUT2D eigenvalue weighted by atomic mass is 10.1. The van der Waals surface area contributed by atoms with Crippen LogP contribution in [0.25, 0.3) is 32.0 Å². The smallest absolute Gasteiger partial charge is 0.260 e. The number of fused-ring (bicyclic) bond motifs is 1. The van der Waals surface area contributed by atoms with Crippen molar-refractivity contribution in [1.29, 1.82) is 0 Å². The predicted octanol–water partition coefficient (Wildman–Crippen LogP) is 5.34. The van der Waals surface area contributed by atoms with Gasteiger partial charge in [0.2, 0.25) is 0 Å². The first kappa shape index (κ1) is 14.6. The fraction of sp³-hybridized carbons (Fsp3) is 0.0588. The van der Waals surface area contributed by atoms with E-state index in [1.165, 1.54) is 11.3 Å². The predicted molar refractivity (Wildman–Crippen MR) is 98.7 cm³/mol. The number of aryl methyl sites for hydroxylation is 1. The van der Waals surface area contributed by atoms with Crippen LogP contribution in [0.3, 0.4) is 0 Å². The van der Waals surface area contributed by atoms with Gasteiger partial charge in [-0.05, 0) is 30.5 Å². The van der Waals surface area contributed by atoms with Gasteiger partial charge in [0.15, 0.2) is 0 Å². The van der Waals surface area contributed by atoms with Crippen molar-refractivity contribution in [2.45, 2.75) is 6.92 Å². The molecular formula is C17H11ClN2OS2. The molecule has 0 radical (unpaired) electrons. The Morgan fingerprint density at radius 1 is 1.17 bits per heavy atom. The van der Waals surface area contributed by atoms with Gasteiger partial charge in [-0.15, -0.1) is 22.7 Å². The minimum Gasteiger partial charge on any atom is -0.306 e. The molecule has 1 aromatic carbocycles. The van der Waals surface area contributed by atoms with E-state index in [1.807, 2.05) is 42.6 Å². The molecule has 0 aliphatic rings. The Bertz CT molecular complexity index is 1060. The molecule has 0 aliphatic carbocycles. The molecule has 0 aliphatic heterocycles. The van der Waals surface area contributed by atoms with E-state index < -0.39 is 0 Å². The highest BCUT2D eigenvalue weighted by Gasteiger charge is 2.18. The summed E-state index contributed by atoms with van der Waals surface area (Å²) in [6.07, 6.45) is 0. The summed E-state index contributed by atoms with van der Waals surface area (Å²) in [7, 11) is 0. The summed E-state index contributed by atoms with van der Waals surface area (Å²) in [5.74, 6) is 0.507. The molecule has 0 atom stereocenters. The van der Waals surface area contributed by atoms with Crippen LogP contribution in [-0.2, 0) is 0 Å². The monoisotopic (exact) mass is 358 g/mol. The van der Waals surface area contributed by atoms with Gasteiger partial charge < -0.3 is 4.98 Å². The molecule has 0 saturated heterocycles. The summed E-state index contributed by atoms with van der Waals surface area (Å²) < 4.78 is 0. The highest BCUT2D eigenvalue weighted by Crippen LogP contribution is 2.38. The average molecular weight is 359 g/mol. The summed E-state index contributed by atoms with van der Waals surface area (Å²) in [6.45, 7) is 2.02. The minimum absolute atomic E-state index is 0.127. The lowest BCUT2D eigenvalue weighted by Gasteiger charge is -2.03. The zero-order valence-electron chi connectivity index (χ0n) is 12.1. The number of rotatable bonds is 2. The van der Waals surface area contributed by atoms with Gasteiger partial charge in [-0.3, -0.25) is 4.79 Å². The summed E-state index contributed by atoms with van der Waals surface area (Å²) >= 11 is 9.39. The van der Waals surface area contributed by atoms with Crippen LogP contribution < -0.4 is 5.56 Å². The maximum atomic E-state index is 12.7. The van der Waals surface area contributed by atoms with Crippen LogP contribution >= 0.6 is 34.3 Å². The summed E-state index contributed by atoms with van der Waals surface area (Å²) in [5.41, 5.74) is 1.59. The molecule has 1 N–H and O–H groups in total. The number of nitrogens with zero attached hydrogens (tertiary/aromatic N) is 1. The van der Waals surface area contributed by atoms with E-state index in [4.69, 9.17) is 11.6 Å². The fourth-order valence-electron chi connectivity index (χ4n) is 2.62. The first-order valence-corrected chi connectivity index (χ1v) is 9.05. The van der Waals surface area contributed by atoms with Crippen molar-refractivity contribution >= 4 is 44.5 Å². The van der Waals surface area contributed by atoms with Crippen molar-refractivity contribution in [3.63, 3.8) is 0 Å². The molecule has 4 rings (SSSR count). The van der Waals surface area contributed by atoms with Crippen molar-refractivity contribution in [2.24, 2.45) is 0 Å². The number of halogens is 1. The number of benzene rings is 1. The Hall–Kier alpha value is -1.95. The van der Waals surface area contributed by atoms with Gasteiger partial charge in [0.25, 0.3) is 5.56 Å². The average Bonchev–Trinajstić information content (AvgIpc) is 3.14. The van der Waals surface area contributed by atoms with E-state index in [0.29, 0.717) is 16.2 Å². The largest absolute Gasteiger partial charge is 0.306 e. The van der Waals surface area contributed by atoms with Crippen LogP contribution in [-0.4, -0.2) is 9.97 Å². The van der Waals surface area contributed by atoms with Crippen LogP contribution in [0.1, 0.15) is 4.88 Å². The minimum atomic E-state index is -0.127. The van der Waals surface area contributed by atoms with Crippen LogP contribution in [0.5, 0.6) is 0 Å². The third kappa shape index (κ3) is 2.41. The molecule has 3 aromatic heterocycles. The van der Waals surface area contributed by atoms with Crippen molar-refractivity contribution in [2.75, 3.05) is 0 Å².